The van der Waals surface area contributed by atoms with Crippen LogP contribution in [0.25, 0.3) is 0 Å². The number of pyridine rings is 1. The molecule has 0 unspecified atom stereocenters. The van der Waals surface area contributed by atoms with E-state index in [1.54, 1.807) is 19.4 Å². The predicted octanol–water partition coefficient (Wildman–Crippen LogP) is 0.150. The van der Waals surface area contributed by atoms with E-state index in [-0.39, 0.29) is 17.7 Å². The molecule has 1 atom stereocenters. The van der Waals surface area contributed by atoms with Crippen molar-refractivity contribution in [2.45, 2.75) is 12.8 Å². The summed E-state index contributed by atoms with van der Waals surface area (Å²) in [7, 11) is 3.63. The molecule has 0 aromatic carbocycles. The number of carbonyl (C=O) groups is 2. The number of aryl methyl sites for hydroxylation is 1. The van der Waals surface area contributed by atoms with Gasteiger partial charge in [0.2, 0.25) is 11.8 Å². The monoisotopic (exact) mass is 304 g/mol. The Hall–Kier alpha value is -1.95. The molecular weight excluding hydrogens is 280 g/mol. The number of hydrogen-bond acceptors (Lipinski definition) is 4. The van der Waals surface area contributed by atoms with E-state index in [4.69, 9.17) is 0 Å². The average molecular weight is 304 g/mol. The van der Waals surface area contributed by atoms with Gasteiger partial charge in [-0.05, 0) is 25.1 Å². The number of nitrogens with zero attached hydrogens (tertiary/aromatic N) is 3. The zero-order chi connectivity index (χ0) is 15.9. The molecule has 1 aliphatic heterocycles. The van der Waals surface area contributed by atoms with Crippen LogP contribution in [0.1, 0.15) is 12.0 Å². The fraction of sp³-hybridized carbons (Fsp3) is 0.562. The number of hydrogen-bond donors (Lipinski definition) is 1. The third-order valence-electron chi connectivity index (χ3n) is 4.04. The van der Waals surface area contributed by atoms with Crippen LogP contribution in [-0.4, -0.2) is 66.9 Å². The molecule has 2 heterocycles. The zero-order valence-electron chi connectivity index (χ0n) is 13.3. The molecule has 2 rings (SSSR count). The molecule has 1 fully saturated rings. The van der Waals surface area contributed by atoms with E-state index in [1.807, 2.05) is 24.1 Å². The van der Waals surface area contributed by atoms with Crippen molar-refractivity contribution < 1.29 is 9.59 Å². The van der Waals surface area contributed by atoms with Crippen molar-refractivity contribution >= 4 is 11.8 Å². The first-order valence-corrected chi connectivity index (χ1v) is 7.67. The summed E-state index contributed by atoms with van der Waals surface area (Å²) in [6, 6.07) is 3.85. The fourth-order valence-electron chi connectivity index (χ4n) is 2.73. The molecule has 120 valence electrons. The van der Waals surface area contributed by atoms with E-state index in [0.717, 1.165) is 12.1 Å². The van der Waals surface area contributed by atoms with Gasteiger partial charge < -0.3 is 15.1 Å². The third kappa shape index (κ3) is 4.53. The Bertz CT molecular complexity index is 506. The molecule has 0 aliphatic carbocycles. The van der Waals surface area contributed by atoms with Crippen LogP contribution in [0.2, 0.25) is 0 Å². The third-order valence-corrected chi connectivity index (χ3v) is 4.04. The second-order valence-electron chi connectivity index (χ2n) is 5.77. The lowest BCUT2D eigenvalue weighted by atomic mass is 10.1. The lowest BCUT2D eigenvalue weighted by molar-refractivity contribution is -0.132. The van der Waals surface area contributed by atoms with E-state index >= 15 is 0 Å². The van der Waals surface area contributed by atoms with Gasteiger partial charge in [-0.3, -0.25) is 14.6 Å². The molecular formula is C16H24N4O2. The molecule has 1 aromatic heterocycles. The summed E-state index contributed by atoms with van der Waals surface area (Å²) >= 11 is 0. The maximum Gasteiger partial charge on any atom is 0.225 e. The van der Waals surface area contributed by atoms with E-state index in [9.17, 15) is 9.59 Å². The van der Waals surface area contributed by atoms with E-state index in [1.165, 1.54) is 0 Å². The Labute approximate surface area is 131 Å². The number of amides is 2. The molecule has 2 amide bonds. The van der Waals surface area contributed by atoms with Gasteiger partial charge in [0.05, 0.1) is 5.92 Å². The highest BCUT2D eigenvalue weighted by Crippen LogP contribution is 2.11. The smallest absolute Gasteiger partial charge is 0.225 e. The van der Waals surface area contributed by atoms with Crippen molar-refractivity contribution in [2.24, 2.45) is 5.92 Å². The molecule has 0 radical (unpaired) electrons. The van der Waals surface area contributed by atoms with Crippen LogP contribution in [-0.2, 0) is 16.0 Å². The molecule has 1 aliphatic rings. The molecule has 1 aromatic rings. The predicted molar refractivity (Wildman–Crippen MR) is 84.2 cm³/mol. The van der Waals surface area contributed by atoms with Gasteiger partial charge in [0, 0.05) is 52.0 Å². The summed E-state index contributed by atoms with van der Waals surface area (Å²) in [6.07, 6.45) is 4.65. The summed E-state index contributed by atoms with van der Waals surface area (Å²) in [5.74, 6) is -0.0632. The maximum absolute atomic E-state index is 12.4. The molecule has 6 nitrogen and oxygen atoms in total. The van der Waals surface area contributed by atoms with Crippen molar-refractivity contribution in [3.05, 3.63) is 30.1 Å². The second-order valence-corrected chi connectivity index (χ2v) is 5.77. The topological polar surface area (TPSA) is 65.5 Å². The molecule has 1 N–H and O–H groups in total. The minimum Gasteiger partial charge on any atom is -0.359 e. The summed E-state index contributed by atoms with van der Waals surface area (Å²) in [5.41, 5.74) is 1.06. The second kappa shape index (κ2) is 7.89. The zero-order valence-corrected chi connectivity index (χ0v) is 13.3. The molecule has 0 spiro atoms. The van der Waals surface area contributed by atoms with Gasteiger partial charge >= 0.3 is 0 Å². The first-order chi connectivity index (χ1) is 10.6. The van der Waals surface area contributed by atoms with Crippen molar-refractivity contribution in [2.75, 3.05) is 40.3 Å². The average Bonchev–Trinajstić information content (AvgIpc) is 2.75. The van der Waals surface area contributed by atoms with Crippen molar-refractivity contribution in [1.29, 1.82) is 0 Å². The summed E-state index contributed by atoms with van der Waals surface area (Å²) in [6.45, 7) is 2.66. The Balaban J connectivity index is 1.94. The van der Waals surface area contributed by atoms with Crippen LogP contribution >= 0.6 is 0 Å². The van der Waals surface area contributed by atoms with Gasteiger partial charge in [-0.15, -0.1) is 0 Å². The molecule has 1 saturated heterocycles. The normalized spacial score (nSPS) is 19.5. The van der Waals surface area contributed by atoms with Crippen LogP contribution < -0.4 is 5.32 Å². The highest BCUT2D eigenvalue weighted by molar-refractivity contribution is 5.81. The minimum atomic E-state index is -0.167. The van der Waals surface area contributed by atoms with Gasteiger partial charge in [0.25, 0.3) is 0 Å². The van der Waals surface area contributed by atoms with Crippen LogP contribution in [0.3, 0.4) is 0 Å². The van der Waals surface area contributed by atoms with Crippen molar-refractivity contribution in [3.63, 3.8) is 0 Å². The number of aromatic nitrogens is 1. The Morgan fingerprint density at radius 3 is 2.86 bits per heavy atom. The molecule has 0 bridgehead atoms. The molecule has 6 heteroatoms. The largest absolute Gasteiger partial charge is 0.359 e. The summed E-state index contributed by atoms with van der Waals surface area (Å²) < 4.78 is 0. The molecule has 0 saturated carbocycles. The van der Waals surface area contributed by atoms with Crippen LogP contribution in [0.15, 0.2) is 24.5 Å². The summed E-state index contributed by atoms with van der Waals surface area (Å²) in [4.78, 5) is 32.4. The van der Waals surface area contributed by atoms with Gasteiger partial charge in [0.15, 0.2) is 0 Å². The van der Waals surface area contributed by atoms with E-state index in [2.05, 4.69) is 15.2 Å². The van der Waals surface area contributed by atoms with Crippen LogP contribution in [0, 0.1) is 5.92 Å². The lowest BCUT2D eigenvalue weighted by Gasteiger charge is -2.23. The SMILES string of the molecule is CNC(=O)[C@@H]1CN(C)CCN(C(=O)CCc2cccnc2)C1. The number of rotatable bonds is 4. The van der Waals surface area contributed by atoms with E-state index in [0.29, 0.717) is 32.5 Å². The highest BCUT2D eigenvalue weighted by atomic mass is 16.2. The minimum absolute atomic E-state index is 0.00110. The Morgan fingerprint density at radius 2 is 2.18 bits per heavy atom. The standard InChI is InChI=1S/C16H24N4O2/c1-17-16(22)14-11-19(2)8-9-20(12-14)15(21)6-5-13-4-3-7-18-10-13/h3-4,7,10,14H,5-6,8-9,11-12H2,1-2H3,(H,17,22)/t14-/m1/s1. The first kappa shape index (κ1) is 16.4. The van der Waals surface area contributed by atoms with Gasteiger partial charge in [-0.1, -0.05) is 6.07 Å². The van der Waals surface area contributed by atoms with Gasteiger partial charge in [0.1, 0.15) is 0 Å². The number of likely N-dealkylation sites (N-methyl/N-ethyl adjacent to an activating group) is 1. The highest BCUT2D eigenvalue weighted by Gasteiger charge is 2.28. The van der Waals surface area contributed by atoms with Crippen LogP contribution in [0.4, 0.5) is 0 Å². The Morgan fingerprint density at radius 1 is 1.36 bits per heavy atom. The van der Waals surface area contributed by atoms with Crippen molar-refractivity contribution in [3.8, 4) is 0 Å². The van der Waals surface area contributed by atoms with Gasteiger partial charge in [-0.2, -0.15) is 0 Å². The number of nitrogens with one attached hydrogen (secondary N) is 1. The van der Waals surface area contributed by atoms with Gasteiger partial charge in [-0.25, -0.2) is 0 Å². The Kier molecular flexibility index (Phi) is 5.89. The molecule has 22 heavy (non-hydrogen) atoms. The van der Waals surface area contributed by atoms with E-state index < -0.39 is 0 Å². The van der Waals surface area contributed by atoms with Crippen molar-refractivity contribution in [1.82, 2.24) is 20.1 Å². The number of carbonyl (C=O) groups excluding carboxylic acids is 2. The maximum atomic E-state index is 12.4. The lowest BCUT2D eigenvalue weighted by Crippen LogP contribution is -2.41. The first-order valence-electron chi connectivity index (χ1n) is 7.67. The summed E-state index contributed by atoms with van der Waals surface area (Å²) in [5, 5.41) is 2.69. The fourth-order valence-corrected chi connectivity index (χ4v) is 2.73. The quantitative estimate of drug-likeness (QED) is 0.860. The van der Waals surface area contributed by atoms with Crippen LogP contribution in [0.5, 0.6) is 0 Å².